The molecule has 2 aromatic heterocycles. The molecule has 1 N–H and O–H groups in total. The van der Waals surface area contributed by atoms with Crippen molar-refractivity contribution >= 4 is 38.8 Å². The Hall–Kier alpha value is -3.05. The summed E-state index contributed by atoms with van der Waals surface area (Å²) in [6, 6.07) is 19.8. The Morgan fingerprint density at radius 3 is 2.58 bits per heavy atom. The number of carbonyl (C=O) groups excluding carboxylic acids is 1. The Morgan fingerprint density at radius 2 is 1.81 bits per heavy atom. The number of hydrogen-bond donors (Lipinski definition) is 1. The van der Waals surface area contributed by atoms with Gasteiger partial charge >= 0.3 is 0 Å². The van der Waals surface area contributed by atoms with Crippen molar-refractivity contribution in [3.05, 3.63) is 72.1 Å². The zero-order valence-electron chi connectivity index (χ0n) is 14.5. The molecular formula is C21H17N3OS. The highest BCUT2D eigenvalue weighted by Gasteiger charge is 2.12. The Balaban J connectivity index is 1.78. The number of benzene rings is 2. The van der Waals surface area contributed by atoms with E-state index in [0.29, 0.717) is 11.4 Å². The number of carbonyl (C=O) groups is 1. The molecule has 4 nitrogen and oxygen atoms in total. The van der Waals surface area contributed by atoms with Gasteiger partial charge in [-0.15, -0.1) is 11.3 Å². The number of aromatic nitrogens is 2. The Kier molecular flexibility index (Phi) is 4.22. The van der Waals surface area contributed by atoms with Crippen LogP contribution in [0.5, 0.6) is 0 Å². The summed E-state index contributed by atoms with van der Waals surface area (Å²) in [5.41, 5.74) is 2.68. The van der Waals surface area contributed by atoms with E-state index in [2.05, 4.69) is 33.5 Å². The third-order valence-corrected chi connectivity index (χ3v) is 5.17. The molecule has 0 fully saturated rings. The lowest BCUT2D eigenvalue weighted by Gasteiger charge is -2.08. The Morgan fingerprint density at radius 1 is 1.00 bits per heavy atom. The first-order valence-corrected chi connectivity index (χ1v) is 9.13. The number of nitrogens with one attached hydrogen (secondary N) is 1. The number of aryl methyl sites for hydroxylation is 1. The summed E-state index contributed by atoms with van der Waals surface area (Å²) in [4.78, 5) is 22.9. The lowest BCUT2D eigenvalue weighted by Crippen LogP contribution is -1.99. The predicted molar refractivity (Wildman–Crippen MR) is 107 cm³/mol. The predicted octanol–water partition coefficient (Wildman–Crippen LogP) is 5.61. The fourth-order valence-electron chi connectivity index (χ4n) is 2.82. The van der Waals surface area contributed by atoms with Gasteiger partial charge in [0.2, 0.25) is 0 Å². The van der Waals surface area contributed by atoms with Gasteiger partial charge in [-0.05, 0) is 37.6 Å². The lowest BCUT2D eigenvalue weighted by atomic mass is 10.1. The van der Waals surface area contributed by atoms with Gasteiger partial charge in [0.25, 0.3) is 0 Å². The fourth-order valence-corrected chi connectivity index (χ4v) is 3.90. The number of fused-ring (bicyclic) bond motifs is 1. The molecule has 0 aliphatic rings. The van der Waals surface area contributed by atoms with Crippen molar-refractivity contribution < 1.29 is 4.79 Å². The van der Waals surface area contributed by atoms with Crippen LogP contribution in [-0.2, 0) is 0 Å². The van der Waals surface area contributed by atoms with Crippen LogP contribution >= 0.6 is 11.3 Å². The largest absolute Gasteiger partial charge is 0.340 e. The average molecular weight is 359 g/mol. The Bertz CT molecular complexity index is 1100. The zero-order valence-corrected chi connectivity index (χ0v) is 15.3. The summed E-state index contributed by atoms with van der Waals surface area (Å²) in [5.74, 6) is 1.51. The number of hydrogen-bond acceptors (Lipinski definition) is 5. The van der Waals surface area contributed by atoms with E-state index in [-0.39, 0.29) is 5.78 Å². The molecule has 0 bridgehead atoms. The highest BCUT2D eigenvalue weighted by atomic mass is 32.1. The van der Waals surface area contributed by atoms with Gasteiger partial charge in [0.1, 0.15) is 16.5 Å². The Labute approximate surface area is 155 Å². The number of rotatable bonds is 4. The fraction of sp³-hybridized carbons (Fsp3) is 0.0952. The standard InChI is InChI=1S/C21H17N3OS/c1-13(25)16-9-6-10-17(11-16)24-20-18-12-19(15-7-4-3-5-8-15)26-21(18)23-14(2)22-20/h3-12H,1-2H3,(H,22,23,24). The normalized spacial score (nSPS) is 10.8. The van der Waals surface area contributed by atoms with E-state index in [1.807, 2.05) is 49.4 Å². The number of anilines is 2. The second-order valence-corrected chi connectivity index (χ2v) is 7.11. The van der Waals surface area contributed by atoms with Crippen molar-refractivity contribution in [1.82, 2.24) is 9.97 Å². The molecule has 0 atom stereocenters. The van der Waals surface area contributed by atoms with E-state index in [0.717, 1.165) is 32.2 Å². The molecule has 0 aliphatic heterocycles. The molecule has 2 aromatic carbocycles. The molecule has 5 heteroatoms. The highest BCUT2D eigenvalue weighted by molar-refractivity contribution is 7.21. The summed E-state index contributed by atoms with van der Waals surface area (Å²) >= 11 is 1.65. The average Bonchev–Trinajstić information content (AvgIpc) is 3.07. The van der Waals surface area contributed by atoms with Gasteiger partial charge in [-0.2, -0.15) is 0 Å². The second-order valence-electron chi connectivity index (χ2n) is 6.08. The van der Waals surface area contributed by atoms with E-state index in [9.17, 15) is 4.79 Å². The van der Waals surface area contributed by atoms with Crippen LogP contribution in [0.4, 0.5) is 11.5 Å². The van der Waals surface area contributed by atoms with Crippen molar-refractivity contribution in [2.45, 2.75) is 13.8 Å². The maximum Gasteiger partial charge on any atom is 0.159 e. The van der Waals surface area contributed by atoms with Crippen molar-refractivity contribution in [2.24, 2.45) is 0 Å². The molecule has 4 rings (SSSR count). The van der Waals surface area contributed by atoms with E-state index in [4.69, 9.17) is 0 Å². The molecule has 26 heavy (non-hydrogen) atoms. The summed E-state index contributed by atoms with van der Waals surface area (Å²) in [6.07, 6.45) is 0. The maximum absolute atomic E-state index is 11.6. The topological polar surface area (TPSA) is 54.9 Å². The van der Waals surface area contributed by atoms with Gasteiger partial charge in [0.15, 0.2) is 5.78 Å². The quantitative estimate of drug-likeness (QED) is 0.481. The highest BCUT2D eigenvalue weighted by Crippen LogP contribution is 2.36. The lowest BCUT2D eigenvalue weighted by molar-refractivity contribution is 0.101. The third-order valence-electron chi connectivity index (χ3n) is 4.09. The monoisotopic (exact) mass is 359 g/mol. The van der Waals surface area contributed by atoms with Crippen LogP contribution in [0.15, 0.2) is 60.7 Å². The number of nitrogens with zero attached hydrogens (tertiary/aromatic N) is 2. The molecule has 2 heterocycles. The van der Waals surface area contributed by atoms with Crippen molar-refractivity contribution in [3.8, 4) is 10.4 Å². The van der Waals surface area contributed by atoms with E-state index >= 15 is 0 Å². The smallest absolute Gasteiger partial charge is 0.159 e. The van der Waals surface area contributed by atoms with Crippen molar-refractivity contribution in [3.63, 3.8) is 0 Å². The van der Waals surface area contributed by atoms with E-state index < -0.39 is 0 Å². The van der Waals surface area contributed by atoms with Crippen LogP contribution in [0.3, 0.4) is 0 Å². The van der Waals surface area contributed by atoms with Gasteiger partial charge < -0.3 is 5.32 Å². The van der Waals surface area contributed by atoms with Gasteiger partial charge in [-0.1, -0.05) is 42.5 Å². The van der Waals surface area contributed by atoms with Gasteiger partial charge in [0, 0.05) is 16.1 Å². The molecule has 4 aromatic rings. The third kappa shape index (κ3) is 3.21. The summed E-state index contributed by atoms with van der Waals surface area (Å²) < 4.78 is 0. The molecule has 0 spiro atoms. The first kappa shape index (κ1) is 16.4. The van der Waals surface area contributed by atoms with Gasteiger partial charge in [-0.25, -0.2) is 9.97 Å². The zero-order chi connectivity index (χ0) is 18.1. The van der Waals surface area contributed by atoms with Crippen LogP contribution in [-0.4, -0.2) is 15.8 Å². The molecule has 0 amide bonds. The summed E-state index contributed by atoms with van der Waals surface area (Å²) in [7, 11) is 0. The number of Topliss-reactive ketones (excluding diaryl/α,β-unsaturated/α-hetero) is 1. The molecule has 0 unspecified atom stereocenters. The van der Waals surface area contributed by atoms with Crippen LogP contribution in [0.1, 0.15) is 23.1 Å². The van der Waals surface area contributed by atoms with Crippen LogP contribution in [0.2, 0.25) is 0 Å². The molecule has 0 saturated heterocycles. The minimum atomic E-state index is 0.0413. The molecular weight excluding hydrogens is 342 g/mol. The number of thiophene rings is 1. The molecule has 0 radical (unpaired) electrons. The molecule has 0 saturated carbocycles. The second kappa shape index (κ2) is 6.69. The van der Waals surface area contributed by atoms with E-state index in [1.54, 1.807) is 18.3 Å². The van der Waals surface area contributed by atoms with Crippen molar-refractivity contribution in [2.75, 3.05) is 5.32 Å². The molecule has 128 valence electrons. The summed E-state index contributed by atoms with van der Waals surface area (Å²) in [5, 5.41) is 4.33. The molecule has 0 aliphatic carbocycles. The van der Waals surface area contributed by atoms with Gasteiger partial charge in [-0.3, -0.25) is 4.79 Å². The minimum absolute atomic E-state index is 0.0413. The number of ketones is 1. The SMILES string of the molecule is CC(=O)c1cccc(Nc2nc(C)nc3sc(-c4ccccc4)cc23)c1. The van der Waals surface area contributed by atoms with Crippen LogP contribution in [0, 0.1) is 6.92 Å². The van der Waals surface area contributed by atoms with Crippen molar-refractivity contribution in [1.29, 1.82) is 0 Å². The first-order valence-electron chi connectivity index (χ1n) is 8.32. The van der Waals surface area contributed by atoms with Crippen LogP contribution < -0.4 is 5.32 Å². The van der Waals surface area contributed by atoms with Gasteiger partial charge in [0.05, 0.1) is 5.39 Å². The minimum Gasteiger partial charge on any atom is -0.340 e. The maximum atomic E-state index is 11.6. The summed E-state index contributed by atoms with van der Waals surface area (Å²) in [6.45, 7) is 3.45. The van der Waals surface area contributed by atoms with Crippen LogP contribution in [0.25, 0.3) is 20.7 Å². The van der Waals surface area contributed by atoms with E-state index in [1.165, 1.54) is 0 Å². The first-order chi connectivity index (χ1) is 12.6.